The zero-order valence-corrected chi connectivity index (χ0v) is 12.1. The van der Waals surface area contributed by atoms with Gasteiger partial charge < -0.3 is 11.1 Å². The van der Waals surface area contributed by atoms with Crippen LogP contribution < -0.4 is 11.1 Å². The van der Waals surface area contributed by atoms with E-state index in [1.807, 2.05) is 0 Å². The molecule has 0 saturated heterocycles. The molecular weight excluding hydrogens is 333 g/mol. The molecule has 0 saturated carbocycles. The van der Waals surface area contributed by atoms with Crippen molar-refractivity contribution in [3.8, 4) is 0 Å². The van der Waals surface area contributed by atoms with Gasteiger partial charge in [0.25, 0.3) is 0 Å². The van der Waals surface area contributed by atoms with Crippen molar-refractivity contribution >= 4 is 33.0 Å². The van der Waals surface area contributed by atoms with Crippen LogP contribution in [0.25, 0.3) is 0 Å². The Morgan fingerprint density at radius 3 is 2.40 bits per heavy atom. The summed E-state index contributed by atoms with van der Waals surface area (Å²) in [6.07, 6.45) is -4.37. The molecule has 2 aromatic rings. The Labute approximate surface area is 122 Å². The van der Waals surface area contributed by atoms with E-state index in [2.05, 4.69) is 21.2 Å². The number of alkyl halides is 3. The van der Waals surface area contributed by atoms with E-state index in [0.717, 1.165) is 10.5 Å². The first-order valence-corrected chi connectivity index (χ1v) is 6.56. The minimum atomic E-state index is -4.37. The lowest BCUT2D eigenvalue weighted by Gasteiger charge is -2.14. The predicted octanol–water partition coefficient (Wildman–Crippen LogP) is 5.10. The van der Waals surface area contributed by atoms with Gasteiger partial charge >= 0.3 is 6.18 Å². The molecule has 0 unspecified atom stereocenters. The maximum Gasteiger partial charge on any atom is 0.416 e. The van der Waals surface area contributed by atoms with Crippen LogP contribution in [-0.2, 0) is 6.18 Å². The third kappa shape index (κ3) is 3.25. The summed E-state index contributed by atoms with van der Waals surface area (Å²) in [5, 5.41) is 2.89. The largest absolute Gasteiger partial charge is 0.416 e. The fourth-order valence-corrected chi connectivity index (χ4v) is 2.19. The number of hydrogen-bond donors (Lipinski definition) is 2. The first-order valence-electron chi connectivity index (χ1n) is 5.77. The lowest BCUT2D eigenvalue weighted by atomic mass is 10.1. The van der Waals surface area contributed by atoms with Crippen molar-refractivity contribution in [3.63, 3.8) is 0 Å². The molecule has 6 heteroatoms. The van der Waals surface area contributed by atoms with Crippen LogP contribution >= 0.6 is 15.9 Å². The number of halogens is 4. The highest BCUT2D eigenvalue weighted by Crippen LogP contribution is 2.34. The van der Waals surface area contributed by atoms with E-state index in [-0.39, 0.29) is 5.56 Å². The van der Waals surface area contributed by atoms with Crippen molar-refractivity contribution in [3.05, 3.63) is 52.0 Å². The molecule has 0 aliphatic rings. The summed E-state index contributed by atoms with van der Waals surface area (Å²) < 4.78 is 39.3. The van der Waals surface area contributed by atoms with E-state index in [1.165, 1.54) is 13.0 Å². The molecule has 0 aliphatic heterocycles. The molecule has 2 aromatic carbocycles. The van der Waals surface area contributed by atoms with Crippen LogP contribution in [0.1, 0.15) is 11.1 Å². The molecule has 0 fully saturated rings. The topological polar surface area (TPSA) is 38.0 Å². The summed E-state index contributed by atoms with van der Waals surface area (Å²) >= 11 is 3.27. The standard InChI is InChI=1S/C14H12BrF3N2/c1-8-2-4-10(7-11(8)14(16,17)18)20-13-5-3-9(15)6-12(13)19/h2-7,20H,19H2,1H3. The average molecular weight is 345 g/mol. The van der Waals surface area contributed by atoms with Gasteiger partial charge in [-0.2, -0.15) is 13.2 Å². The molecular formula is C14H12BrF3N2. The van der Waals surface area contributed by atoms with Crippen LogP contribution in [0.4, 0.5) is 30.2 Å². The lowest BCUT2D eigenvalue weighted by Crippen LogP contribution is -2.08. The Bertz CT molecular complexity index is 639. The Morgan fingerprint density at radius 2 is 1.80 bits per heavy atom. The van der Waals surface area contributed by atoms with Gasteiger partial charge in [-0.15, -0.1) is 0 Å². The molecule has 0 aromatic heterocycles. The second-order valence-corrected chi connectivity index (χ2v) is 5.30. The highest BCUT2D eigenvalue weighted by atomic mass is 79.9. The SMILES string of the molecule is Cc1ccc(Nc2ccc(Br)cc2N)cc1C(F)(F)F. The molecule has 0 radical (unpaired) electrons. The quantitative estimate of drug-likeness (QED) is 0.743. The lowest BCUT2D eigenvalue weighted by molar-refractivity contribution is -0.138. The van der Waals surface area contributed by atoms with Gasteiger partial charge in [-0.05, 0) is 42.8 Å². The van der Waals surface area contributed by atoms with Crippen molar-refractivity contribution in [1.82, 2.24) is 0 Å². The van der Waals surface area contributed by atoms with Crippen molar-refractivity contribution in [2.45, 2.75) is 13.1 Å². The highest BCUT2D eigenvalue weighted by molar-refractivity contribution is 9.10. The molecule has 0 spiro atoms. The van der Waals surface area contributed by atoms with E-state index >= 15 is 0 Å². The van der Waals surface area contributed by atoms with Gasteiger partial charge in [0.2, 0.25) is 0 Å². The number of nitrogens with one attached hydrogen (secondary N) is 1. The minimum absolute atomic E-state index is 0.187. The van der Waals surface area contributed by atoms with E-state index in [1.54, 1.807) is 24.3 Å². The van der Waals surface area contributed by atoms with Gasteiger partial charge in [0.1, 0.15) is 0 Å². The Morgan fingerprint density at radius 1 is 1.10 bits per heavy atom. The molecule has 0 aliphatic carbocycles. The summed E-state index contributed by atoms with van der Waals surface area (Å²) in [6.45, 7) is 1.43. The Kier molecular flexibility index (Phi) is 3.94. The van der Waals surface area contributed by atoms with Crippen LogP contribution in [0.3, 0.4) is 0 Å². The number of hydrogen-bond acceptors (Lipinski definition) is 2. The monoisotopic (exact) mass is 344 g/mol. The number of aryl methyl sites for hydroxylation is 1. The molecule has 0 atom stereocenters. The second-order valence-electron chi connectivity index (χ2n) is 4.38. The van der Waals surface area contributed by atoms with E-state index in [4.69, 9.17) is 5.73 Å². The molecule has 2 rings (SSSR count). The van der Waals surface area contributed by atoms with Crippen molar-refractivity contribution in [2.24, 2.45) is 0 Å². The summed E-state index contributed by atoms with van der Waals surface area (Å²) in [4.78, 5) is 0. The molecule has 0 amide bonds. The average Bonchev–Trinajstić information content (AvgIpc) is 2.33. The predicted molar refractivity (Wildman–Crippen MR) is 78.0 cm³/mol. The molecule has 2 nitrogen and oxygen atoms in total. The third-order valence-corrected chi connectivity index (χ3v) is 3.33. The van der Waals surface area contributed by atoms with Crippen LogP contribution in [-0.4, -0.2) is 0 Å². The minimum Gasteiger partial charge on any atom is -0.397 e. The molecule has 0 heterocycles. The Balaban J connectivity index is 2.35. The zero-order valence-electron chi connectivity index (χ0n) is 10.6. The molecule has 106 valence electrons. The first-order chi connectivity index (χ1) is 9.27. The van der Waals surface area contributed by atoms with Gasteiger partial charge in [0.05, 0.1) is 16.9 Å². The van der Waals surface area contributed by atoms with Crippen LogP contribution in [0.2, 0.25) is 0 Å². The van der Waals surface area contributed by atoms with Gasteiger partial charge in [0, 0.05) is 10.2 Å². The van der Waals surface area contributed by atoms with Gasteiger partial charge in [-0.25, -0.2) is 0 Å². The molecule has 3 N–H and O–H groups in total. The number of anilines is 3. The van der Waals surface area contributed by atoms with Crippen LogP contribution in [0.15, 0.2) is 40.9 Å². The second kappa shape index (κ2) is 5.36. The normalized spacial score (nSPS) is 11.4. The van der Waals surface area contributed by atoms with Crippen molar-refractivity contribution in [2.75, 3.05) is 11.1 Å². The third-order valence-electron chi connectivity index (χ3n) is 2.84. The maximum atomic E-state index is 12.8. The summed E-state index contributed by atoms with van der Waals surface area (Å²) in [7, 11) is 0. The van der Waals surface area contributed by atoms with Crippen LogP contribution in [0.5, 0.6) is 0 Å². The van der Waals surface area contributed by atoms with Gasteiger partial charge in [-0.1, -0.05) is 22.0 Å². The fraction of sp³-hybridized carbons (Fsp3) is 0.143. The summed E-state index contributed by atoms with van der Waals surface area (Å²) in [5.74, 6) is 0. The summed E-state index contributed by atoms with van der Waals surface area (Å²) in [6, 6.07) is 9.24. The molecule has 20 heavy (non-hydrogen) atoms. The van der Waals surface area contributed by atoms with Crippen molar-refractivity contribution < 1.29 is 13.2 Å². The van der Waals surface area contributed by atoms with E-state index in [9.17, 15) is 13.2 Å². The van der Waals surface area contributed by atoms with Gasteiger partial charge in [-0.3, -0.25) is 0 Å². The molecule has 0 bridgehead atoms. The Hall–Kier alpha value is -1.69. The van der Waals surface area contributed by atoms with E-state index < -0.39 is 11.7 Å². The zero-order chi connectivity index (χ0) is 14.9. The van der Waals surface area contributed by atoms with E-state index in [0.29, 0.717) is 17.1 Å². The maximum absolute atomic E-state index is 12.8. The van der Waals surface area contributed by atoms with Crippen molar-refractivity contribution in [1.29, 1.82) is 0 Å². The fourth-order valence-electron chi connectivity index (χ4n) is 1.81. The number of nitrogen functional groups attached to an aromatic ring is 1. The van der Waals surface area contributed by atoms with Crippen LogP contribution in [0, 0.1) is 6.92 Å². The van der Waals surface area contributed by atoms with Gasteiger partial charge in [0.15, 0.2) is 0 Å². The number of rotatable bonds is 2. The highest BCUT2D eigenvalue weighted by Gasteiger charge is 2.32. The number of benzene rings is 2. The summed E-state index contributed by atoms with van der Waals surface area (Å²) in [5.41, 5.74) is 6.70. The first kappa shape index (κ1) is 14.7. The number of nitrogens with two attached hydrogens (primary N) is 1. The smallest absolute Gasteiger partial charge is 0.397 e.